The summed E-state index contributed by atoms with van der Waals surface area (Å²) < 4.78 is 0. The predicted molar refractivity (Wildman–Crippen MR) is 50.6 cm³/mol. The second-order valence-electron chi connectivity index (χ2n) is 3.47. The molecule has 0 aromatic rings. The van der Waals surface area contributed by atoms with Crippen LogP contribution in [0, 0.1) is 5.92 Å². The molecule has 3 fully saturated rings. The molecule has 3 rings (SSSR count). The van der Waals surface area contributed by atoms with Gasteiger partial charge in [-0.2, -0.15) is 0 Å². The van der Waals surface area contributed by atoms with E-state index in [1.54, 1.807) is 0 Å². The zero-order valence-corrected chi connectivity index (χ0v) is 7.85. The van der Waals surface area contributed by atoms with Crippen molar-refractivity contribution in [2.24, 2.45) is 5.92 Å². The van der Waals surface area contributed by atoms with E-state index in [2.05, 4.69) is 13.2 Å². The highest BCUT2D eigenvalue weighted by Gasteiger charge is 2.48. The second kappa shape index (κ2) is 2.97. The molecule has 74 valence electrons. The van der Waals surface area contributed by atoms with Gasteiger partial charge in [-0.25, -0.2) is 0 Å². The maximum atomic E-state index is 11.7. The van der Waals surface area contributed by atoms with Gasteiger partial charge < -0.3 is 0 Å². The Morgan fingerprint density at radius 1 is 1.07 bits per heavy atom. The Bertz CT molecular complexity index is 288. The van der Waals surface area contributed by atoms with Crippen molar-refractivity contribution < 1.29 is 9.59 Å². The molecule has 3 aliphatic heterocycles. The first-order valence-electron chi connectivity index (χ1n) is 4.60. The second-order valence-corrected chi connectivity index (χ2v) is 3.47. The first-order valence-corrected chi connectivity index (χ1v) is 4.60. The third-order valence-electron chi connectivity index (χ3n) is 2.85. The first-order chi connectivity index (χ1) is 6.70. The van der Waals surface area contributed by atoms with Gasteiger partial charge in [0.05, 0.1) is 0 Å². The van der Waals surface area contributed by atoms with Gasteiger partial charge in [-0.3, -0.25) is 19.4 Å². The van der Waals surface area contributed by atoms with Gasteiger partial charge >= 0.3 is 0 Å². The van der Waals surface area contributed by atoms with E-state index in [-0.39, 0.29) is 18.0 Å². The highest BCUT2D eigenvalue weighted by atomic mass is 16.2. The number of piperidine rings is 2. The fourth-order valence-corrected chi connectivity index (χ4v) is 2.16. The van der Waals surface area contributed by atoms with Crippen LogP contribution in [0.15, 0.2) is 25.6 Å². The smallest absolute Gasteiger partial charge is 0.240 e. The zero-order valence-electron chi connectivity index (χ0n) is 7.85. The first kappa shape index (κ1) is 8.99. The van der Waals surface area contributed by atoms with Crippen LogP contribution in [0.5, 0.6) is 0 Å². The Morgan fingerprint density at radius 2 is 1.57 bits per heavy atom. The summed E-state index contributed by atoms with van der Waals surface area (Å²) in [5.74, 6) is -0.769. The number of nitrogens with zero attached hydrogens (tertiary/aromatic N) is 2. The number of carbonyl (C=O) groups excluding carboxylic acids is 2. The van der Waals surface area contributed by atoms with E-state index in [1.807, 2.05) is 0 Å². The minimum absolute atomic E-state index is 0.126. The highest BCUT2D eigenvalue weighted by Crippen LogP contribution is 2.34. The summed E-state index contributed by atoms with van der Waals surface area (Å²) in [4.78, 5) is 26.4. The van der Waals surface area contributed by atoms with Gasteiger partial charge in [-0.05, 0) is 12.8 Å². The molecule has 0 saturated carbocycles. The number of hydrogen-bond donors (Lipinski definition) is 0. The highest BCUT2D eigenvalue weighted by molar-refractivity contribution is 6.04. The van der Waals surface area contributed by atoms with E-state index in [4.69, 9.17) is 0 Å². The molecular weight excluding hydrogens is 180 g/mol. The minimum atomic E-state index is -0.518. The Kier molecular flexibility index (Phi) is 1.91. The third-order valence-corrected chi connectivity index (χ3v) is 2.85. The molecule has 0 unspecified atom stereocenters. The van der Waals surface area contributed by atoms with Crippen LogP contribution in [0.1, 0.15) is 12.8 Å². The molecule has 0 atom stereocenters. The number of rotatable bonds is 2. The average molecular weight is 192 g/mol. The van der Waals surface area contributed by atoms with Gasteiger partial charge in [-0.1, -0.05) is 13.2 Å². The van der Waals surface area contributed by atoms with Crippen molar-refractivity contribution in [3.05, 3.63) is 25.6 Å². The van der Waals surface area contributed by atoms with Crippen LogP contribution in [0.4, 0.5) is 0 Å². The summed E-state index contributed by atoms with van der Waals surface area (Å²) in [5.41, 5.74) is 0. The van der Waals surface area contributed by atoms with Gasteiger partial charge in [0.1, 0.15) is 12.1 Å². The fourth-order valence-electron chi connectivity index (χ4n) is 2.16. The summed E-state index contributed by atoms with van der Waals surface area (Å²) in [5, 5.41) is 0. The third kappa shape index (κ3) is 0.937. The molecule has 3 heterocycles. The Morgan fingerprint density at radius 3 is 2.00 bits per heavy atom. The molecule has 14 heavy (non-hydrogen) atoms. The molecule has 4 nitrogen and oxygen atoms in total. The van der Waals surface area contributed by atoms with E-state index >= 15 is 0 Å². The van der Waals surface area contributed by atoms with Crippen molar-refractivity contribution in [2.45, 2.75) is 19.0 Å². The van der Waals surface area contributed by atoms with Crippen LogP contribution in [-0.2, 0) is 9.59 Å². The SMILES string of the molecule is C=CN1C(=O)C2CCC1N(C=C)C2=O. The lowest BCUT2D eigenvalue weighted by atomic mass is 9.88. The van der Waals surface area contributed by atoms with E-state index in [1.165, 1.54) is 22.2 Å². The molecule has 2 bridgehead atoms. The number of carbonyl (C=O) groups is 2. The normalized spacial score (nSPS) is 30.9. The molecule has 0 N–H and O–H groups in total. The maximum Gasteiger partial charge on any atom is 0.240 e. The van der Waals surface area contributed by atoms with Crippen LogP contribution >= 0.6 is 0 Å². The minimum Gasteiger partial charge on any atom is -0.298 e. The molecular formula is C10H12N2O2. The summed E-state index contributed by atoms with van der Waals surface area (Å²) in [6, 6.07) is 0. The van der Waals surface area contributed by atoms with Crippen molar-refractivity contribution in [3.63, 3.8) is 0 Å². The molecule has 0 aliphatic carbocycles. The molecule has 4 heteroatoms. The van der Waals surface area contributed by atoms with Crippen LogP contribution in [0.3, 0.4) is 0 Å². The van der Waals surface area contributed by atoms with Crippen molar-refractivity contribution in [2.75, 3.05) is 0 Å². The standard InChI is InChI=1S/C10H12N2O2/c1-3-11-8-6-5-7(9(11)13)10(14)12(8)4-2/h3-4,7-8H,1-2,5-6H2. The van der Waals surface area contributed by atoms with Crippen LogP contribution in [-0.4, -0.2) is 27.8 Å². The Balaban J connectivity index is 2.38. The van der Waals surface area contributed by atoms with Crippen molar-refractivity contribution in [1.82, 2.24) is 9.80 Å². The Labute approximate surface area is 82.5 Å². The summed E-state index contributed by atoms with van der Waals surface area (Å²) in [6.45, 7) is 7.16. The number of fused-ring (bicyclic) bond motifs is 3. The lowest BCUT2D eigenvalue weighted by Gasteiger charge is -2.47. The van der Waals surface area contributed by atoms with E-state index < -0.39 is 5.92 Å². The van der Waals surface area contributed by atoms with Crippen LogP contribution in [0.2, 0.25) is 0 Å². The van der Waals surface area contributed by atoms with Gasteiger partial charge in [0.25, 0.3) is 0 Å². The van der Waals surface area contributed by atoms with Gasteiger partial charge in [0.15, 0.2) is 0 Å². The lowest BCUT2D eigenvalue weighted by Crippen LogP contribution is -2.63. The van der Waals surface area contributed by atoms with Crippen molar-refractivity contribution in [1.29, 1.82) is 0 Å². The largest absolute Gasteiger partial charge is 0.298 e. The van der Waals surface area contributed by atoms with E-state index in [9.17, 15) is 9.59 Å². The zero-order chi connectivity index (χ0) is 10.3. The van der Waals surface area contributed by atoms with Crippen molar-refractivity contribution in [3.8, 4) is 0 Å². The van der Waals surface area contributed by atoms with E-state index in [0.29, 0.717) is 6.42 Å². The quantitative estimate of drug-likeness (QED) is 0.604. The number of amides is 2. The van der Waals surface area contributed by atoms with Crippen LogP contribution < -0.4 is 0 Å². The molecule has 0 aromatic carbocycles. The molecule has 3 aliphatic rings. The van der Waals surface area contributed by atoms with Gasteiger partial charge in [0, 0.05) is 12.4 Å². The average Bonchev–Trinajstić information content (AvgIpc) is 2.19. The fraction of sp³-hybridized carbons (Fsp3) is 0.400. The van der Waals surface area contributed by atoms with Gasteiger partial charge in [-0.15, -0.1) is 0 Å². The van der Waals surface area contributed by atoms with Crippen LogP contribution in [0.25, 0.3) is 0 Å². The molecule has 3 saturated heterocycles. The molecule has 0 spiro atoms. The monoisotopic (exact) mass is 192 g/mol. The summed E-state index contributed by atoms with van der Waals surface area (Å²) in [7, 11) is 0. The maximum absolute atomic E-state index is 11.7. The van der Waals surface area contributed by atoms with Crippen molar-refractivity contribution >= 4 is 11.8 Å². The Hall–Kier alpha value is -1.58. The summed E-state index contributed by atoms with van der Waals surface area (Å²) >= 11 is 0. The lowest BCUT2D eigenvalue weighted by molar-refractivity contribution is -0.165. The molecule has 0 radical (unpaired) electrons. The molecule has 2 amide bonds. The number of hydrogen-bond acceptors (Lipinski definition) is 2. The van der Waals surface area contributed by atoms with E-state index in [0.717, 1.165) is 6.42 Å². The predicted octanol–water partition coefficient (Wildman–Crippen LogP) is 0.680. The van der Waals surface area contributed by atoms with Gasteiger partial charge in [0.2, 0.25) is 11.8 Å². The topological polar surface area (TPSA) is 40.6 Å². The summed E-state index contributed by atoms with van der Waals surface area (Å²) in [6.07, 6.45) is 4.23. The molecule has 0 aromatic heterocycles.